The zero-order chi connectivity index (χ0) is 11.5. The van der Waals surface area contributed by atoms with Crippen LogP contribution in [-0.4, -0.2) is 15.6 Å². The first-order chi connectivity index (χ1) is 7.70. The number of carboxylic acid groups (broad SMARTS) is 1. The van der Waals surface area contributed by atoms with Gasteiger partial charge in [0.25, 0.3) is 0 Å². The summed E-state index contributed by atoms with van der Waals surface area (Å²) in [7, 11) is 0. The Morgan fingerprint density at radius 3 is 2.50 bits per heavy atom. The van der Waals surface area contributed by atoms with Crippen LogP contribution in [0.3, 0.4) is 0 Å². The summed E-state index contributed by atoms with van der Waals surface area (Å²) < 4.78 is 1.76. The number of hydrogen-bond acceptors (Lipinski definition) is 1. The summed E-state index contributed by atoms with van der Waals surface area (Å²) in [5, 5.41) is 9.03. The van der Waals surface area contributed by atoms with Crippen molar-refractivity contribution in [2.24, 2.45) is 0 Å². The first-order valence-corrected chi connectivity index (χ1v) is 5.15. The van der Waals surface area contributed by atoms with Gasteiger partial charge in [-0.05, 0) is 24.6 Å². The van der Waals surface area contributed by atoms with Crippen LogP contribution in [0.2, 0.25) is 0 Å². The second kappa shape index (κ2) is 4.23. The third-order valence-electron chi connectivity index (χ3n) is 2.70. The van der Waals surface area contributed by atoms with E-state index in [1.165, 1.54) is 0 Å². The van der Waals surface area contributed by atoms with Gasteiger partial charge in [0.1, 0.15) is 5.69 Å². The molecule has 0 amide bonds. The fraction of sp³-hybridized carbons (Fsp3) is 0.154. The maximum atomic E-state index is 11.0. The Hall–Kier alpha value is -2.03. The van der Waals surface area contributed by atoms with E-state index in [0.717, 1.165) is 5.56 Å². The molecule has 0 fully saturated rings. The van der Waals surface area contributed by atoms with Crippen LogP contribution >= 0.6 is 0 Å². The van der Waals surface area contributed by atoms with Crippen LogP contribution in [0, 0.1) is 0 Å². The number of aromatic nitrogens is 1. The smallest absolute Gasteiger partial charge is 0.352 e. The maximum Gasteiger partial charge on any atom is 0.352 e. The van der Waals surface area contributed by atoms with Crippen molar-refractivity contribution in [3.05, 3.63) is 59.9 Å². The molecule has 0 bridgehead atoms. The van der Waals surface area contributed by atoms with Crippen molar-refractivity contribution >= 4 is 5.97 Å². The minimum atomic E-state index is -0.896. The summed E-state index contributed by atoms with van der Waals surface area (Å²) in [6.45, 7) is 1.99. The summed E-state index contributed by atoms with van der Waals surface area (Å²) in [5.41, 5.74) is 1.41. The molecule has 1 atom stereocenters. The van der Waals surface area contributed by atoms with Crippen molar-refractivity contribution in [2.45, 2.75) is 13.0 Å². The SMILES string of the molecule is C[C@@H](c1ccccc1)n1cccc1C(=O)O. The average molecular weight is 215 g/mol. The van der Waals surface area contributed by atoms with E-state index >= 15 is 0 Å². The third kappa shape index (κ3) is 1.84. The van der Waals surface area contributed by atoms with Crippen LogP contribution in [0.1, 0.15) is 29.0 Å². The first kappa shape index (κ1) is 10.5. The van der Waals surface area contributed by atoms with Crippen molar-refractivity contribution in [3.8, 4) is 0 Å². The number of carboxylic acids is 1. The molecule has 2 aromatic rings. The second-order valence-electron chi connectivity index (χ2n) is 3.69. The van der Waals surface area contributed by atoms with Crippen LogP contribution in [0.15, 0.2) is 48.7 Å². The lowest BCUT2D eigenvalue weighted by molar-refractivity contribution is 0.0684. The standard InChI is InChI=1S/C13H13NO2/c1-10(11-6-3-2-4-7-11)14-9-5-8-12(14)13(15)16/h2-10H,1H3,(H,15,16)/t10-/m0/s1. The molecule has 1 heterocycles. The lowest BCUT2D eigenvalue weighted by Crippen LogP contribution is -2.12. The molecule has 0 spiro atoms. The molecule has 3 heteroatoms. The lowest BCUT2D eigenvalue weighted by Gasteiger charge is -2.16. The van der Waals surface area contributed by atoms with E-state index in [0.29, 0.717) is 5.69 Å². The van der Waals surface area contributed by atoms with E-state index in [1.807, 2.05) is 37.3 Å². The van der Waals surface area contributed by atoms with Gasteiger partial charge in [0.15, 0.2) is 0 Å². The average Bonchev–Trinajstić information content (AvgIpc) is 2.78. The van der Waals surface area contributed by atoms with Crippen LogP contribution in [-0.2, 0) is 0 Å². The highest BCUT2D eigenvalue weighted by Gasteiger charge is 2.14. The highest BCUT2D eigenvalue weighted by atomic mass is 16.4. The summed E-state index contributed by atoms with van der Waals surface area (Å²) in [5.74, 6) is -0.896. The van der Waals surface area contributed by atoms with Gasteiger partial charge in [0.05, 0.1) is 6.04 Å². The highest BCUT2D eigenvalue weighted by molar-refractivity contribution is 5.85. The van der Waals surface area contributed by atoms with E-state index in [2.05, 4.69) is 0 Å². The number of rotatable bonds is 3. The van der Waals surface area contributed by atoms with Gasteiger partial charge in [-0.3, -0.25) is 0 Å². The van der Waals surface area contributed by atoms with Crippen molar-refractivity contribution in [1.29, 1.82) is 0 Å². The Bertz CT molecular complexity index is 488. The monoisotopic (exact) mass is 215 g/mol. The molecule has 1 N–H and O–H groups in total. The molecule has 0 aliphatic heterocycles. The number of aromatic carboxylic acids is 1. The molecule has 1 aromatic heterocycles. The molecule has 0 aliphatic rings. The van der Waals surface area contributed by atoms with Gasteiger partial charge >= 0.3 is 5.97 Å². The minimum absolute atomic E-state index is 0.0299. The van der Waals surface area contributed by atoms with E-state index < -0.39 is 5.97 Å². The fourth-order valence-corrected chi connectivity index (χ4v) is 1.80. The summed E-state index contributed by atoms with van der Waals surface area (Å²) in [6.07, 6.45) is 1.79. The molecule has 82 valence electrons. The maximum absolute atomic E-state index is 11.0. The van der Waals surface area contributed by atoms with Crippen molar-refractivity contribution < 1.29 is 9.90 Å². The Morgan fingerprint density at radius 2 is 1.88 bits per heavy atom. The van der Waals surface area contributed by atoms with Gasteiger partial charge < -0.3 is 9.67 Å². The van der Waals surface area contributed by atoms with Gasteiger partial charge in [0, 0.05) is 6.20 Å². The van der Waals surface area contributed by atoms with Crippen LogP contribution in [0.25, 0.3) is 0 Å². The largest absolute Gasteiger partial charge is 0.477 e. The first-order valence-electron chi connectivity index (χ1n) is 5.15. The molecule has 0 unspecified atom stereocenters. The van der Waals surface area contributed by atoms with Crippen LogP contribution < -0.4 is 0 Å². The molecule has 0 saturated carbocycles. The molecule has 16 heavy (non-hydrogen) atoms. The highest BCUT2D eigenvalue weighted by Crippen LogP contribution is 2.19. The van der Waals surface area contributed by atoms with Crippen molar-refractivity contribution in [1.82, 2.24) is 4.57 Å². The Labute approximate surface area is 94.0 Å². The molecule has 0 saturated heterocycles. The molecule has 1 aromatic carbocycles. The topological polar surface area (TPSA) is 42.2 Å². The van der Waals surface area contributed by atoms with Crippen LogP contribution in [0.5, 0.6) is 0 Å². The van der Waals surface area contributed by atoms with Crippen molar-refractivity contribution in [3.63, 3.8) is 0 Å². The zero-order valence-corrected chi connectivity index (χ0v) is 9.00. The van der Waals surface area contributed by atoms with Crippen LogP contribution in [0.4, 0.5) is 0 Å². The lowest BCUT2D eigenvalue weighted by atomic mass is 10.1. The Balaban J connectivity index is 2.38. The van der Waals surface area contributed by atoms with E-state index in [4.69, 9.17) is 5.11 Å². The molecular weight excluding hydrogens is 202 g/mol. The van der Waals surface area contributed by atoms with Gasteiger partial charge in [-0.1, -0.05) is 30.3 Å². The zero-order valence-electron chi connectivity index (χ0n) is 9.00. The van der Waals surface area contributed by atoms with Gasteiger partial charge in [-0.2, -0.15) is 0 Å². The number of hydrogen-bond donors (Lipinski definition) is 1. The van der Waals surface area contributed by atoms with Gasteiger partial charge in [-0.25, -0.2) is 4.79 Å². The van der Waals surface area contributed by atoms with Gasteiger partial charge in [-0.15, -0.1) is 0 Å². The number of benzene rings is 1. The molecule has 2 rings (SSSR count). The summed E-state index contributed by atoms with van der Waals surface area (Å²) >= 11 is 0. The summed E-state index contributed by atoms with van der Waals surface area (Å²) in [4.78, 5) is 11.0. The summed E-state index contributed by atoms with van der Waals surface area (Å²) in [6, 6.07) is 13.2. The Morgan fingerprint density at radius 1 is 1.19 bits per heavy atom. The molecule has 0 radical (unpaired) electrons. The quantitative estimate of drug-likeness (QED) is 0.855. The minimum Gasteiger partial charge on any atom is -0.477 e. The van der Waals surface area contributed by atoms with E-state index in [9.17, 15) is 4.79 Å². The second-order valence-corrected chi connectivity index (χ2v) is 3.69. The van der Waals surface area contributed by atoms with E-state index in [-0.39, 0.29) is 6.04 Å². The Kier molecular flexibility index (Phi) is 2.77. The fourth-order valence-electron chi connectivity index (χ4n) is 1.80. The van der Waals surface area contributed by atoms with E-state index in [1.54, 1.807) is 22.9 Å². The number of carbonyl (C=O) groups is 1. The van der Waals surface area contributed by atoms with Gasteiger partial charge in [0.2, 0.25) is 0 Å². The molecule has 3 nitrogen and oxygen atoms in total. The predicted molar refractivity (Wildman–Crippen MR) is 61.6 cm³/mol. The normalized spacial score (nSPS) is 12.3. The van der Waals surface area contributed by atoms with Crippen molar-refractivity contribution in [2.75, 3.05) is 0 Å². The number of nitrogens with zero attached hydrogens (tertiary/aromatic N) is 1. The molecule has 0 aliphatic carbocycles. The third-order valence-corrected chi connectivity index (χ3v) is 2.70. The predicted octanol–water partition coefficient (Wildman–Crippen LogP) is 2.80. The molecular formula is C13H13NO2.